The first-order chi connectivity index (χ1) is 16.5. The molecule has 16 heteroatoms. The molecule has 15 nitrogen and oxygen atoms in total. The van der Waals surface area contributed by atoms with Gasteiger partial charge in [0.1, 0.15) is 18.2 Å². The fourth-order valence-corrected chi connectivity index (χ4v) is 3.54. The smallest absolute Gasteiger partial charge is 0.432 e. The fraction of sp³-hybridized carbons (Fsp3) is 0.632. The Morgan fingerprint density at radius 2 is 1.54 bits per heavy atom. The highest BCUT2D eigenvalue weighted by Crippen LogP contribution is 2.48. The summed E-state index contributed by atoms with van der Waals surface area (Å²) < 4.78 is 49.7. The number of hydrogen-bond acceptors (Lipinski definition) is 14. The van der Waals surface area contributed by atoms with Gasteiger partial charge >= 0.3 is 19.9 Å². The molecule has 1 atom stereocenters. The second kappa shape index (κ2) is 13.2. The highest BCUT2D eigenvalue weighted by Gasteiger charge is 2.29. The Labute approximate surface area is 201 Å². The molecule has 0 bridgehead atoms. The van der Waals surface area contributed by atoms with Gasteiger partial charge in [0.25, 0.3) is 0 Å². The van der Waals surface area contributed by atoms with Gasteiger partial charge in [0.15, 0.2) is 11.5 Å². The van der Waals surface area contributed by atoms with Crippen LogP contribution in [0.15, 0.2) is 12.7 Å². The van der Waals surface area contributed by atoms with E-state index in [0.29, 0.717) is 11.2 Å². The lowest BCUT2D eigenvalue weighted by molar-refractivity contribution is -0.0369. The Balaban J connectivity index is 1.95. The Morgan fingerprint density at radius 3 is 2.09 bits per heavy atom. The molecule has 0 aliphatic heterocycles. The standard InChI is InChI=1S/C19H30N5O10P/c1-12(2)33-18(25)28-9-31-35(27,32-10-29-19(26)34-13(3)4)11-30-14(5)6-24-8-23-15-16(20)21-7-22-17(15)24/h7-8,12-14H,6,9-11H2,1-5H3,(H2,20,21,22)/t14-/m0/s1. The van der Waals surface area contributed by atoms with Gasteiger partial charge in [-0.2, -0.15) is 0 Å². The van der Waals surface area contributed by atoms with Gasteiger partial charge in [0.05, 0.1) is 31.2 Å². The molecule has 2 aromatic heterocycles. The number of hydrogen-bond donors (Lipinski definition) is 1. The normalized spacial score (nSPS) is 12.7. The number of aromatic nitrogens is 4. The minimum atomic E-state index is -4.06. The highest BCUT2D eigenvalue weighted by molar-refractivity contribution is 7.53. The van der Waals surface area contributed by atoms with E-state index in [4.69, 9.17) is 38.5 Å². The van der Waals surface area contributed by atoms with E-state index in [-0.39, 0.29) is 12.4 Å². The van der Waals surface area contributed by atoms with Crippen molar-refractivity contribution in [3.05, 3.63) is 12.7 Å². The summed E-state index contributed by atoms with van der Waals surface area (Å²) in [7, 11) is -4.06. The summed E-state index contributed by atoms with van der Waals surface area (Å²) in [5, 5.41) is 0. The van der Waals surface area contributed by atoms with E-state index < -0.39 is 58.2 Å². The maximum Gasteiger partial charge on any atom is 0.510 e. The molecule has 196 valence electrons. The van der Waals surface area contributed by atoms with Crippen molar-refractivity contribution in [3.8, 4) is 0 Å². The Hall–Kier alpha value is -3.00. The van der Waals surface area contributed by atoms with Crippen molar-refractivity contribution in [2.45, 2.75) is 59.5 Å². The van der Waals surface area contributed by atoms with Gasteiger partial charge in [-0.1, -0.05) is 0 Å². The van der Waals surface area contributed by atoms with Crippen LogP contribution in [-0.4, -0.2) is 70.1 Å². The third kappa shape index (κ3) is 9.64. The van der Waals surface area contributed by atoms with Gasteiger partial charge in [0.2, 0.25) is 13.6 Å². The average molecular weight is 519 g/mol. The number of rotatable bonds is 13. The van der Waals surface area contributed by atoms with Crippen molar-refractivity contribution in [2.24, 2.45) is 0 Å². The van der Waals surface area contributed by atoms with Crippen molar-refractivity contribution < 1.29 is 46.9 Å². The molecule has 2 N–H and O–H groups in total. The second-order valence-electron chi connectivity index (χ2n) is 7.66. The van der Waals surface area contributed by atoms with E-state index in [9.17, 15) is 14.2 Å². The zero-order valence-corrected chi connectivity index (χ0v) is 21.0. The van der Waals surface area contributed by atoms with E-state index >= 15 is 0 Å². The van der Waals surface area contributed by atoms with Crippen LogP contribution in [0.25, 0.3) is 11.2 Å². The first kappa shape index (κ1) is 28.2. The summed E-state index contributed by atoms with van der Waals surface area (Å²) >= 11 is 0. The van der Waals surface area contributed by atoms with Crippen LogP contribution in [0.1, 0.15) is 34.6 Å². The number of carbonyl (C=O) groups is 2. The van der Waals surface area contributed by atoms with Gasteiger partial charge in [-0.15, -0.1) is 0 Å². The molecule has 0 unspecified atom stereocenters. The molecule has 0 saturated carbocycles. The van der Waals surface area contributed by atoms with E-state index in [1.54, 1.807) is 39.2 Å². The summed E-state index contributed by atoms with van der Waals surface area (Å²) in [6.45, 7) is 6.98. The maximum absolute atomic E-state index is 13.1. The molecule has 2 rings (SSSR count). The molecule has 0 aromatic carbocycles. The van der Waals surface area contributed by atoms with E-state index in [1.165, 1.54) is 12.7 Å². The maximum atomic E-state index is 13.1. The third-order valence-corrected chi connectivity index (χ3v) is 5.38. The molecule has 2 heterocycles. The Bertz CT molecular complexity index is 999. The topological polar surface area (TPSA) is 185 Å². The van der Waals surface area contributed by atoms with Crippen LogP contribution in [0.2, 0.25) is 0 Å². The molecule has 0 saturated heterocycles. The number of anilines is 1. The van der Waals surface area contributed by atoms with E-state index in [0.717, 1.165) is 0 Å². The molecule has 0 radical (unpaired) electrons. The van der Waals surface area contributed by atoms with E-state index in [1.807, 2.05) is 0 Å². The van der Waals surface area contributed by atoms with E-state index in [2.05, 4.69) is 15.0 Å². The lowest BCUT2D eigenvalue weighted by Gasteiger charge is -2.21. The van der Waals surface area contributed by atoms with Crippen molar-refractivity contribution in [1.29, 1.82) is 0 Å². The lowest BCUT2D eigenvalue weighted by atomic mass is 10.4. The first-order valence-corrected chi connectivity index (χ1v) is 12.3. The number of nitrogens with two attached hydrogens (primary N) is 1. The summed E-state index contributed by atoms with van der Waals surface area (Å²) in [4.78, 5) is 35.2. The number of nitrogen functional groups attached to an aromatic ring is 1. The largest absolute Gasteiger partial charge is 0.510 e. The zero-order chi connectivity index (χ0) is 26.0. The van der Waals surface area contributed by atoms with Crippen LogP contribution in [0, 0.1) is 0 Å². The van der Waals surface area contributed by atoms with Crippen LogP contribution in [-0.2, 0) is 43.8 Å². The monoisotopic (exact) mass is 519 g/mol. The molecule has 0 aliphatic rings. The molecule has 0 spiro atoms. The van der Waals surface area contributed by atoms with Gasteiger partial charge in [-0.3, -0.25) is 13.6 Å². The van der Waals surface area contributed by atoms with Crippen LogP contribution in [0.4, 0.5) is 15.4 Å². The van der Waals surface area contributed by atoms with Crippen molar-refractivity contribution >= 4 is 36.9 Å². The van der Waals surface area contributed by atoms with Crippen LogP contribution < -0.4 is 5.73 Å². The van der Waals surface area contributed by atoms with Gasteiger partial charge in [-0.25, -0.2) is 24.5 Å². The van der Waals surface area contributed by atoms with Crippen molar-refractivity contribution in [1.82, 2.24) is 19.5 Å². The predicted molar refractivity (Wildman–Crippen MR) is 120 cm³/mol. The zero-order valence-electron chi connectivity index (χ0n) is 20.1. The first-order valence-electron chi connectivity index (χ1n) is 10.6. The third-order valence-electron chi connectivity index (χ3n) is 3.92. The fourth-order valence-electron chi connectivity index (χ4n) is 2.45. The summed E-state index contributed by atoms with van der Waals surface area (Å²) in [5.41, 5.74) is 6.72. The number of ether oxygens (including phenoxy) is 5. The number of fused-ring (bicyclic) bond motifs is 1. The summed E-state index contributed by atoms with van der Waals surface area (Å²) in [6, 6.07) is 0. The Morgan fingerprint density at radius 1 is 0.971 bits per heavy atom. The highest BCUT2D eigenvalue weighted by atomic mass is 31.2. The average Bonchev–Trinajstić information content (AvgIpc) is 3.15. The van der Waals surface area contributed by atoms with Crippen LogP contribution in [0.5, 0.6) is 0 Å². The minimum Gasteiger partial charge on any atom is -0.432 e. The molecule has 0 amide bonds. The van der Waals surface area contributed by atoms with Crippen molar-refractivity contribution in [3.63, 3.8) is 0 Å². The SMILES string of the molecule is CC(C)OC(=O)OCOP(=O)(CO[C@@H](C)Cn1cnc2c(N)ncnc21)OCOC(=O)OC(C)C. The van der Waals surface area contributed by atoms with Crippen LogP contribution in [0.3, 0.4) is 0 Å². The molecule has 0 fully saturated rings. The number of imidazole rings is 1. The van der Waals surface area contributed by atoms with Crippen LogP contribution >= 0.6 is 7.60 Å². The summed E-state index contributed by atoms with van der Waals surface area (Å²) in [6.07, 6.45) is -1.14. The predicted octanol–water partition coefficient (Wildman–Crippen LogP) is 3.04. The number of carbonyl (C=O) groups excluding carboxylic acids is 2. The second-order valence-corrected chi connectivity index (χ2v) is 9.66. The minimum absolute atomic E-state index is 0.237. The molecular formula is C19H30N5O10P. The van der Waals surface area contributed by atoms with Gasteiger partial charge < -0.3 is 34.0 Å². The summed E-state index contributed by atoms with van der Waals surface area (Å²) in [5.74, 6) is 0.237. The molecule has 35 heavy (non-hydrogen) atoms. The number of nitrogens with zero attached hydrogens (tertiary/aromatic N) is 4. The quantitative estimate of drug-likeness (QED) is 0.231. The molecule has 0 aliphatic carbocycles. The Kier molecular flexibility index (Phi) is 10.6. The lowest BCUT2D eigenvalue weighted by Crippen LogP contribution is -2.20. The molecule has 2 aromatic rings. The van der Waals surface area contributed by atoms with Gasteiger partial charge in [-0.05, 0) is 34.6 Å². The molecular weight excluding hydrogens is 489 g/mol. The van der Waals surface area contributed by atoms with Crippen molar-refractivity contribution in [2.75, 3.05) is 25.7 Å². The van der Waals surface area contributed by atoms with Gasteiger partial charge in [0, 0.05) is 0 Å².